The second kappa shape index (κ2) is 5.99. The predicted molar refractivity (Wildman–Crippen MR) is 71.7 cm³/mol. The highest BCUT2D eigenvalue weighted by Gasteiger charge is 2.33. The maximum absolute atomic E-state index is 12.8. The van der Waals surface area contributed by atoms with Crippen molar-refractivity contribution in [2.24, 2.45) is 0 Å². The Kier molecular flexibility index (Phi) is 4.30. The van der Waals surface area contributed by atoms with Crippen LogP contribution in [0.4, 0.5) is 18.9 Å². The van der Waals surface area contributed by atoms with E-state index in [0.717, 1.165) is 11.6 Å². The second-order valence-electron chi connectivity index (χ2n) is 4.62. The molecule has 112 valence electrons. The molecular weight excluding hydrogens is 283 g/mol. The Balaban J connectivity index is 2.00. The highest BCUT2D eigenvalue weighted by atomic mass is 19.4. The first-order chi connectivity index (χ1) is 9.86. The second-order valence-corrected chi connectivity index (χ2v) is 4.62. The van der Waals surface area contributed by atoms with Crippen molar-refractivity contribution in [2.45, 2.75) is 26.1 Å². The molecule has 0 spiro atoms. The number of anilines is 1. The Morgan fingerprint density at radius 2 is 2.05 bits per heavy atom. The average molecular weight is 297 g/mol. The molecule has 1 N–H and O–H groups in total. The van der Waals surface area contributed by atoms with Crippen LogP contribution >= 0.6 is 0 Å². The Morgan fingerprint density at radius 3 is 2.67 bits per heavy atom. The summed E-state index contributed by atoms with van der Waals surface area (Å²) < 4.78 is 39.9. The van der Waals surface area contributed by atoms with Gasteiger partial charge in [0.25, 0.3) is 0 Å². The van der Waals surface area contributed by atoms with Gasteiger partial charge in [0, 0.05) is 19.2 Å². The number of benzene rings is 1. The van der Waals surface area contributed by atoms with Crippen LogP contribution in [0.25, 0.3) is 0 Å². The first-order valence-corrected chi connectivity index (χ1v) is 6.31. The summed E-state index contributed by atoms with van der Waals surface area (Å²) in [5, 5.41) is 6.30. The van der Waals surface area contributed by atoms with Gasteiger partial charge in [-0.15, -0.1) is 0 Å². The minimum atomic E-state index is -4.50. The molecule has 0 aliphatic heterocycles. The van der Waals surface area contributed by atoms with Crippen LogP contribution in [0.1, 0.15) is 17.5 Å². The van der Waals surface area contributed by atoms with Gasteiger partial charge in [0.1, 0.15) is 0 Å². The van der Waals surface area contributed by atoms with Crippen molar-refractivity contribution >= 4 is 11.6 Å². The summed E-state index contributed by atoms with van der Waals surface area (Å²) in [6, 6.07) is 4.90. The topological polar surface area (TPSA) is 46.9 Å². The van der Waals surface area contributed by atoms with Crippen LogP contribution in [0.15, 0.2) is 36.7 Å². The number of carbonyl (C=O) groups is 1. The number of hydrogen-bond donors (Lipinski definition) is 1. The molecule has 7 heteroatoms. The molecule has 0 aliphatic carbocycles. The van der Waals surface area contributed by atoms with Crippen LogP contribution in [0.2, 0.25) is 0 Å². The fourth-order valence-electron chi connectivity index (χ4n) is 1.86. The van der Waals surface area contributed by atoms with Crippen LogP contribution in [0.3, 0.4) is 0 Å². The summed E-state index contributed by atoms with van der Waals surface area (Å²) >= 11 is 0. The van der Waals surface area contributed by atoms with Crippen molar-refractivity contribution in [3.63, 3.8) is 0 Å². The van der Waals surface area contributed by atoms with Gasteiger partial charge in [-0.3, -0.25) is 9.48 Å². The molecule has 0 aliphatic rings. The maximum atomic E-state index is 12.8. The molecule has 0 atom stereocenters. The number of aromatic nitrogens is 2. The molecule has 0 unspecified atom stereocenters. The smallest absolute Gasteiger partial charge is 0.325 e. The van der Waals surface area contributed by atoms with Gasteiger partial charge in [-0.25, -0.2) is 0 Å². The molecule has 0 bridgehead atoms. The van der Waals surface area contributed by atoms with Crippen molar-refractivity contribution in [3.05, 3.63) is 47.8 Å². The van der Waals surface area contributed by atoms with Crippen molar-refractivity contribution in [3.8, 4) is 0 Å². The number of alkyl halides is 3. The third-order valence-corrected chi connectivity index (χ3v) is 2.84. The molecule has 1 aromatic carbocycles. The highest BCUT2D eigenvalue weighted by Crippen LogP contribution is 2.34. The fourth-order valence-corrected chi connectivity index (χ4v) is 1.86. The zero-order valence-corrected chi connectivity index (χ0v) is 11.3. The Hall–Kier alpha value is -2.31. The van der Waals surface area contributed by atoms with E-state index >= 15 is 0 Å². The quantitative estimate of drug-likeness (QED) is 0.941. The van der Waals surface area contributed by atoms with Crippen molar-refractivity contribution in [1.29, 1.82) is 0 Å². The lowest BCUT2D eigenvalue weighted by Crippen LogP contribution is -2.18. The van der Waals surface area contributed by atoms with Gasteiger partial charge < -0.3 is 5.32 Å². The summed E-state index contributed by atoms with van der Waals surface area (Å²) in [6.45, 7) is 2.18. The van der Waals surface area contributed by atoms with Gasteiger partial charge >= 0.3 is 6.18 Å². The monoisotopic (exact) mass is 297 g/mol. The number of amides is 1. The highest BCUT2D eigenvalue weighted by molar-refractivity contribution is 5.91. The van der Waals surface area contributed by atoms with Gasteiger partial charge in [-0.2, -0.15) is 18.3 Å². The van der Waals surface area contributed by atoms with Crippen LogP contribution in [-0.4, -0.2) is 15.7 Å². The van der Waals surface area contributed by atoms with Crippen molar-refractivity contribution in [2.75, 3.05) is 5.32 Å². The molecular formula is C14H14F3N3O. The number of rotatable bonds is 4. The number of para-hydroxylation sites is 1. The molecule has 0 radical (unpaired) electrons. The summed E-state index contributed by atoms with van der Waals surface area (Å²) in [5.41, 5.74) is -0.127. The Morgan fingerprint density at radius 1 is 1.33 bits per heavy atom. The number of aryl methyl sites for hydroxylation is 2. The van der Waals surface area contributed by atoms with Crippen LogP contribution in [0, 0.1) is 6.92 Å². The number of halogens is 3. The van der Waals surface area contributed by atoms with E-state index < -0.39 is 17.6 Å². The van der Waals surface area contributed by atoms with Gasteiger partial charge in [0.15, 0.2) is 0 Å². The Labute approximate surface area is 119 Å². The molecule has 1 amide bonds. The van der Waals surface area contributed by atoms with Gasteiger partial charge in [0.2, 0.25) is 5.91 Å². The molecule has 4 nitrogen and oxygen atoms in total. The minimum Gasteiger partial charge on any atom is -0.325 e. The molecule has 0 fully saturated rings. The summed E-state index contributed by atoms with van der Waals surface area (Å²) in [5.74, 6) is -0.486. The third-order valence-electron chi connectivity index (χ3n) is 2.84. The fraction of sp³-hybridized carbons (Fsp3) is 0.286. The first-order valence-electron chi connectivity index (χ1n) is 6.31. The minimum absolute atomic E-state index is 0.0489. The molecule has 1 heterocycles. The van der Waals surface area contributed by atoms with E-state index in [1.54, 1.807) is 17.1 Å². The van der Waals surface area contributed by atoms with E-state index in [2.05, 4.69) is 10.4 Å². The molecule has 21 heavy (non-hydrogen) atoms. The van der Waals surface area contributed by atoms with E-state index in [1.165, 1.54) is 18.2 Å². The largest absolute Gasteiger partial charge is 0.418 e. The van der Waals surface area contributed by atoms with Gasteiger partial charge in [0.05, 0.1) is 17.4 Å². The normalized spacial score (nSPS) is 11.4. The van der Waals surface area contributed by atoms with Gasteiger partial charge in [-0.1, -0.05) is 12.1 Å². The van der Waals surface area contributed by atoms with Gasteiger partial charge in [-0.05, 0) is 24.6 Å². The van der Waals surface area contributed by atoms with E-state index in [0.29, 0.717) is 6.54 Å². The zero-order valence-electron chi connectivity index (χ0n) is 11.3. The number of nitrogens with zero attached hydrogens (tertiary/aromatic N) is 2. The molecule has 0 saturated heterocycles. The summed E-state index contributed by atoms with van der Waals surface area (Å²) in [4.78, 5) is 11.8. The van der Waals surface area contributed by atoms with E-state index in [1.807, 2.05) is 6.92 Å². The standard InChI is InChI=1S/C14H14F3N3O/c1-10-8-18-20(9-10)7-6-13(21)19-12-5-3-2-4-11(12)14(15,16)17/h2-5,8-9H,6-7H2,1H3,(H,19,21). The van der Waals surface area contributed by atoms with Crippen molar-refractivity contribution in [1.82, 2.24) is 9.78 Å². The number of nitrogens with one attached hydrogen (secondary N) is 1. The zero-order chi connectivity index (χ0) is 15.5. The summed E-state index contributed by atoms with van der Waals surface area (Å²) in [6.07, 6.45) is -1.04. The number of hydrogen-bond acceptors (Lipinski definition) is 2. The van der Waals surface area contributed by atoms with Crippen molar-refractivity contribution < 1.29 is 18.0 Å². The lowest BCUT2D eigenvalue weighted by atomic mass is 10.1. The Bertz CT molecular complexity index is 634. The molecule has 1 aromatic heterocycles. The summed E-state index contributed by atoms with van der Waals surface area (Å²) in [7, 11) is 0. The SMILES string of the molecule is Cc1cnn(CCC(=O)Nc2ccccc2C(F)(F)F)c1. The predicted octanol–water partition coefficient (Wildman–Crippen LogP) is 3.24. The van der Waals surface area contributed by atoms with E-state index in [9.17, 15) is 18.0 Å². The lowest BCUT2D eigenvalue weighted by Gasteiger charge is -2.13. The van der Waals surface area contributed by atoms with E-state index in [4.69, 9.17) is 0 Å². The molecule has 2 aromatic rings. The van der Waals surface area contributed by atoms with Crippen LogP contribution in [-0.2, 0) is 17.5 Å². The lowest BCUT2D eigenvalue weighted by molar-refractivity contribution is -0.137. The third kappa shape index (κ3) is 4.08. The molecule has 2 rings (SSSR count). The van der Waals surface area contributed by atoms with Crippen LogP contribution < -0.4 is 5.32 Å². The molecule has 0 saturated carbocycles. The average Bonchev–Trinajstić information content (AvgIpc) is 2.82. The maximum Gasteiger partial charge on any atom is 0.418 e. The van der Waals surface area contributed by atoms with Crippen LogP contribution in [0.5, 0.6) is 0 Å². The number of carbonyl (C=O) groups excluding carboxylic acids is 1. The first kappa shape index (κ1) is 15.1. The van der Waals surface area contributed by atoms with E-state index in [-0.39, 0.29) is 12.1 Å².